The predicted octanol–water partition coefficient (Wildman–Crippen LogP) is 3.09. The molecule has 31 heavy (non-hydrogen) atoms. The minimum atomic E-state index is -0.402. The van der Waals surface area contributed by atoms with Crippen molar-refractivity contribution in [1.82, 2.24) is 4.90 Å². The van der Waals surface area contributed by atoms with Crippen molar-refractivity contribution >= 4 is 23.7 Å². The number of ketones is 1. The Morgan fingerprint density at radius 2 is 1.74 bits per heavy atom. The molecule has 7 heteroatoms. The molecule has 0 atom stereocenters. The van der Waals surface area contributed by atoms with Crippen LogP contribution in [0.2, 0.25) is 0 Å². The van der Waals surface area contributed by atoms with Crippen molar-refractivity contribution in [2.45, 2.75) is 12.8 Å². The van der Waals surface area contributed by atoms with Gasteiger partial charge in [-0.3, -0.25) is 14.4 Å². The van der Waals surface area contributed by atoms with Crippen LogP contribution in [0.25, 0.3) is 6.08 Å². The molecule has 2 heterocycles. The second kappa shape index (κ2) is 9.47. The molecule has 0 saturated carbocycles. The number of benzene rings is 2. The van der Waals surface area contributed by atoms with Crippen LogP contribution in [0.5, 0.6) is 11.5 Å². The first-order chi connectivity index (χ1) is 15.1. The number of rotatable bonds is 6. The molecule has 1 amide bonds. The molecule has 2 aliphatic rings. The summed E-state index contributed by atoms with van der Waals surface area (Å²) in [6.07, 6.45) is 4.37. The molecule has 2 aromatic carbocycles. The number of ether oxygens (including phenoxy) is 3. The average molecular weight is 421 g/mol. The van der Waals surface area contributed by atoms with E-state index in [1.165, 1.54) is 0 Å². The Hall–Kier alpha value is -3.61. The highest BCUT2D eigenvalue weighted by molar-refractivity contribution is 5.98. The zero-order valence-electron chi connectivity index (χ0n) is 17.0. The van der Waals surface area contributed by atoms with Gasteiger partial charge in [0, 0.05) is 24.7 Å². The number of carbonyl (C=O) groups is 3. The number of likely N-dealkylation sites (tertiary alicyclic amines) is 1. The first kappa shape index (κ1) is 20.7. The van der Waals surface area contributed by atoms with Gasteiger partial charge in [0.05, 0.1) is 5.92 Å². The Kier molecular flexibility index (Phi) is 6.31. The third-order valence-electron chi connectivity index (χ3n) is 5.40. The topological polar surface area (TPSA) is 82.1 Å². The molecular formula is C24H23NO6. The highest BCUT2D eigenvalue weighted by Crippen LogP contribution is 2.32. The van der Waals surface area contributed by atoms with Crippen LogP contribution in [0, 0.1) is 5.92 Å². The van der Waals surface area contributed by atoms with E-state index >= 15 is 0 Å². The highest BCUT2D eigenvalue weighted by atomic mass is 16.7. The van der Waals surface area contributed by atoms with E-state index in [1.54, 1.807) is 35.3 Å². The van der Waals surface area contributed by atoms with Gasteiger partial charge < -0.3 is 19.1 Å². The van der Waals surface area contributed by atoms with Crippen molar-refractivity contribution in [3.63, 3.8) is 0 Å². The lowest BCUT2D eigenvalue weighted by molar-refractivity contribution is -0.150. The molecule has 0 bridgehead atoms. The summed E-state index contributed by atoms with van der Waals surface area (Å²) in [6, 6.07) is 14.5. The van der Waals surface area contributed by atoms with E-state index < -0.39 is 5.97 Å². The monoisotopic (exact) mass is 421 g/mol. The SMILES string of the molecule is O=C(COC(=O)C1CCN(C(=O)/C=C/c2ccccc2)CC1)c1ccc2c(c1)OCO2. The second-order valence-electron chi connectivity index (χ2n) is 7.44. The smallest absolute Gasteiger partial charge is 0.309 e. The van der Waals surface area contributed by atoms with E-state index in [1.807, 2.05) is 30.3 Å². The van der Waals surface area contributed by atoms with Crippen LogP contribution in [-0.2, 0) is 14.3 Å². The van der Waals surface area contributed by atoms with Gasteiger partial charge in [-0.1, -0.05) is 30.3 Å². The van der Waals surface area contributed by atoms with Crippen LogP contribution < -0.4 is 9.47 Å². The standard InChI is InChI=1S/C24H23NO6/c26-20(19-7-8-21-22(14-19)31-16-30-21)15-29-24(28)18-10-12-25(13-11-18)23(27)9-6-17-4-2-1-3-5-17/h1-9,14,18H,10-13,15-16H2/b9-6+. The molecule has 0 N–H and O–H groups in total. The van der Waals surface area contributed by atoms with Gasteiger partial charge in [-0.2, -0.15) is 0 Å². The van der Waals surface area contributed by atoms with Crippen molar-refractivity contribution in [2.24, 2.45) is 5.92 Å². The Labute approximate surface area is 180 Å². The fourth-order valence-electron chi connectivity index (χ4n) is 3.58. The molecule has 1 fully saturated rings. The fourth-order valence-corrected chi connectivity index (χ4v) is 3.58. The summed E-state index contributed by atoms with van der Waals surface area (Å²) in [7, 11) is 0. The Bertz CT molecular complexity index is 992. The van der Waals surface area contributed by atoms with E-state index in [0.717, 1.165) is 5.56 Å². The van der Waals surface area contributed by atoms with Crippen molar-refractivity contribution < 1.29 is 28.6 Å². The number of carbonyl (C=O) groups excluding carboxylic acids is 3. The molecule has 7 nitrogen and oxygen atoms in total. The number of nitrogens with zero attached hydrogens (tertiary/aromatic N) is 1. The van der Waals surface area contributed by atoms with Gasteiger partial charge in [-0.05, 0) is 42.7 Å². The van der Waals surface area contributed by atoms with Gasteiger partial charge in [0.15, 0.2) is 23.9 Å². The zero-order valence-corrected chi connectivity index (χ0v) is 17.0. The van der Waals surface area contributed by atoms with Crippen LogP contribution >= 0.6 is 0 Å². The van der Waals surface area contributed by atoms with E-state index in [-0.39, 0.29) is 31.0 Å². The number of fused-ring (bicyclic) bond motifs is 1. The largest absolute Gasteiger partial charge is 0.457 e. The van der Waals surface area contributed by atoms with Gasteiger partial charge in [0.25, 0.3) is 0 Å². The van der Waals surface area contributed by atoms with Crippen molar-refractivity contribution in [3.8, 4) is 11.5 Å². The van der Waals surface area contributed by atoms with Gasteiger partial charge in [0.1, 0.15) is 0 Å². The lowest BCUT2D eigenvalue weighted by Crippen LogP contribution is -2.40. The van der Waals surface area contributed by atoms with Crippen LogP contribution in [0.1, 0.15) is 28.8 Å². The second-order valence-corrected chi connectivity index (χ2v) is 7.44. The maximum Gasteiger partial charge on any atom is 0.309 e. The number of esters is 1. The Balaban J connectivity index is 1.22. The maximum atomic E-state index is 12.4. The third kappa shape index (κ3) is 5.12. The fraction of sp³-hybridized carbons (Fsp3) is 0.292. The number of hydrogen-bond acceptors (Lipinski definition) is 6. The molecule has 1 saturated heterocycles. The van der Waals surface area contributed by atoms with Gasteiger partial charge in [-0.25, -0.2) is 0 Å². The summed E-state index contributed by atoms with van der Waals surface area (Å²) in [6.45, 7) is 0.768. The van der Waals surface area contributed by atoms with Crippen LogP contribution in [0.3, 0.4) is 0 Å². The lowest BCUT2D eigenvalue weighted by atomic mass is 9.97. The summed E-state index contributed by atoms with van der Waals surface area (Å²) < 4.78 is 15.7. The summed E-state index contributed by atoms with van der Waals surface area (Å²) in [5.41, 5.74) is 1.36. The molecular weight excluding hydrogens is 398 g/mol. The minimum Gasteiger partial charge on any atom is -0.457 e. The number of amides is 1. The van der Waals surface area contributed by atoms with E-state index in [9.17, 15) is 14.4 Å². The quantitative estimate of drug-likeness (QED) is 0.405. The summed E-state index contributed by atoms with van der Waals surface area (Å²) in [5, 5.41) is 0. The predicted molar refractivity (Wildman–Crippen MR) is 113 cm³/mol. The molecule has 2 aromatic rings. The average Bonchev–Trinajstić information content (AvgIpc) is 3.29. The number of hydrogen-bond donors (Lipinski definition) is 0. The molecule has 0 aliphatic carbocycles. The van der Waals surface area contributed by atoms with Gasteiger partial charge in [-0.15, -0.1) is 0 Å². The van der Waals surface area contributed by atoms with Gasteiger partial charge in [0.2, 0.25) is 12.7 Å². The normalized spacial score (nSPS) is 15.8. The Morgan fingerprint density at radius 1 is 1.00 bits per heavy atom. The van der Waals surface area contributed by atoms with Crippen molar-refractivity contribution in [1.29, 1.82) is 0 Å². The molecule has 0 aromatic heterocycles. The highest BCUT2D eigenvalue weighted by Gasteiger charge is 2.28. The maximum absolute atomic E-state index is 12.4. The molecule has 160 valence electrons. The lowest BCUT2D eigenvalue weighted by Gasteiger charge is -2.30. The van der Waals surface area contributed by atoms with Crippen LogP contribution in [0.4, 0.5) is 0 Å². The summed E-state index contributed by atoms with van der Waals surface area (Å²) in [5.74, 6) is 0.00990. The molecule has 4 rings (SSSR count). The molecule has 2 aliphatic heterocycles. The Morgan fingerprint density at radius 3 is 2.52 bits per heavy atom. The molecule has 0 radical (unpaired) electrons. The van der Waals surface area contributed by atoms with E-state index in [2.05, 4.69) is 0 Å². The van der Waals surface area contributed by atoms with Crippen molar-refractivity contribution in [2.75, 3.05) is 26.5 Å². The van der Waals surface area contributed by atoms with Gasteiger partial charge >= 0.3 is 5.97 Å². The minimum absolute atomic E-state index is 0.0753. The van der Waals surface area contributed by atoms with Crippen molar-refractivity contribution in [3.05, 3.63) is 65.7 Å². The van der Waals surface area contributed by atoms with E-state index in [4.69, 9.17) is 14.2 Å². The first-order valence-corrected chi connectivity index (χ1v) is 10.2. The molecule has 0 spiro atoms. The summed E-state index contributed by atoms with van der Waals surface area (Å²) >= 11 is 0. The molecule has 0 unspecified atom stereocenters. The van der Waals surface area contributed by atoms with Crippen LogP contribution in [0.15, 0.2) is 54.6 Å². The van der Waals surface area contributed by atoms with Crippen LogP contribution in [-0.4, -0.2) is 49.0 Å². The van der Waals surface area contributed by atoms with E-state index in [0.29, 0.717) is 43.0 Å². The summed E-state index contributed by atoms with van der Waals surface area (Å²) in [4.78, 5) is 38.8. The first-order valence-electron chi connectivity index (χ1n) is 10.2. The zero-order chi connectivity index (χ0) is 21.6. The number of piperidine rings is 1. The number of Topliss-reactive ketones (excluding diaryl/α,β-unsaturated/α-hetero) is 1. The third-order valence-corrected chi connectivity index (χ3v) is 5.40.